The molecule has 1 fully saturated rings. The number of hydrogen-bond donors (Lipinski definition) is 2. The van der Waals surface area contributed by atoms with E-state index in [1.165, 1.54) is 0 Å². The van der Waals surface area contributed by atoms with Gasteiger partial charge in [0.2, 0.25) is 0 Å². The van der Waals surface area contributed by atoms with Crippen LogP contribution in [-0.4, -0.2) is 44.9 Å². The van der Waals surface area contributed by atoms with Gasteiger partial charge in [-0.15, -0.1) is 0 Å². The average Bonchev–Trinajstić information content (AvgIpc) is 3.13. The summed E-state index contributed by atoms with van der Waals surface area (Å²) in [6.45, 7) is 3.87. The van der Waals surface area contributed by atoms with E-state index >= 15 is 0 Å². The van der Waals surface area contributed by atoms with Crippen LogP contribution in [0.1, 0.15) is 24.5 Å². The smallest absolute Gasteiger partial charge is 0.317 e. The summed E-state index contributed by atoms with van der Waals surface area (Å²) >= 11 is 0. The second-order valence-electron chi connectivity index (χ2n) is 6.91. The summed E-state index contributed by atoms with van der Waals surface area (Å²) in [5.74, 6) is -1.14. The van der Waals surface area contributed by atoms with E-state index in [4.69, 9.17) is 0 Å². The van der Waals surface area contributed by atoms with Gasteiger partial charge in [-0.05, 0) is 29.5 Å². The molecule has 2 heterocycles. The van der Waals surface area contributed by atoms with Crippen molar-refractivity contribution in [3.8, 4) is 0 Å². The van der Waals surface area contributed by atoms with E-state index in [-0.39, 0.29) is 18.5 Å². The van der Waals surface area contributed by atoms with Crippen molar-refractivity contribution >= 4 is 12.0 Å². The molecule has 2 N–H and O–H groups in total. The number of carboxylic acid groups (broad SMARTS) is 1. The van der Waals surface area contributed by atoms with Gasteiger partial charge in [-0.3, -0.25) is 9.48 Å². The number of aromatic nitrogens is 2. The zero-order valence-electron chi connectivity index (χ0n) is 14.8. The molecule has 138 valence electrons. The molecule has 7 nitrogen and oxygen atoms in total. The van der Waals surface area contributed by atoms with Crippen molar-refractivity contribution in [2.45, 2.75) is 26.4 Å². The van der Waals surface area contributed by atoms with Crippen LogP contribution in [0.4, 0.5) is 4.79 Å². The first-order valence-corrected chi connectivity index (χ1v) is 8.82. The lowest BCUT2D eigenvalue weighted by Crippen LogP contribution is -2.49. The molecule has 1 aromatic heterocycles. The summed E-state index contributed by atoms with van der Waals surface area (Å²) in [6.07, 6.45) is 4.25. The fraction of sp³-hybridized carbons (Fsp3) is 0.421. The maximum Gasteiger partial charge on any atom is 0.317 e. The minimum absolute atomic E-state index is 0.183. The second kappa shape index (κ2) is 8.03. The number of nitrogens with one attached hydrogen (secondary N) is 1. The first-order chi connectivity index (χ1) is 12.5. The highest BCUT2D eigenvalue weighted by Gasteiger charge is 2.31. The van der Waals surface area contributed by atoms with Gasteiger partial charge in [0.1, 0.15) is 0 Å². The van der Waals surface area contributed by atoms with Crippen LogP contribution in [0.3, 0.4) is 0 Å². The third-order valence-corrected chi connectivity index (χ3v) is 4.74. The number of hydrogen-bond acceptors (Lipinski definition) is 3. The topological polar surface area (TPSA) is 87.5 Å². The maximum atomic E-state index is 12.5. The molecule has 2 unspecified atom stereocenters. The number of carboxylic acids is 1. The summed E-state index contributed by atoms with van der Waals surface area (Å²) < 4.78 is 1.84. The quantitative estimate of drug-likeness (QED) is 0.860. The van der Waals surface area contributed by atoms with Gasteiger partial charge in [0.05, 0.1) is 12.5 Å². The van der Waals surface area contributed by atoms with E-state index in [0.29, 0.717) is 26.1 Å². The van der Waals surface area contributed by atoms with E-state index in [9.17, 15) is 14.7 Å². The summed E-state index contributed by atoms with van der Waals surface area (Å²) in [7, 11) is 0. The van der Waals surface area contributed by atoms with Crippen LogP contribution in [-0.2, 0) is 17.9 Å². The molecule has 2 aromatic rings. The van der Waals surface area contributed by atoms with Crippen molar-refractivity contribution in [3.05, 3.63) is 53.9 Å². The van der Waals surface area contributed by atoms with E-state index in [2.05, 4.69) is 10.4 Å². The van der Waals surface area contributed by atoms with Crippen LogP contribution in [0.15, 0.2) is 42.7 Å². The number of nitrogens with zero attached hydrogens (tertiary/aromatic N) is 3. The number of piperidine rings is 1. The number of aliphatic carboxylic acids is 1. The average molecular weight is 356 g/mol. The van der Waals surface area contributed by atoms with Crippen LogP contribution < -0.4 is 5.32 Å². The summed E-state index contributed by atoms with van der Waals surface area (Å²) in [6, 6.07) is 9.58. The Morgan fingerprint density at radius 1 is 1.23 bits per heavy atom. The molecule has 1 aliphatic heterocycles. The van der Waals surface area contributed by atoms with Crippen molar-refractivity contribution in [1.82, 2.24) is 20.0 Å². The van der Waals surface area contributed by atoms with Crippen molar-refractivity contribution in [1.29, 1.82) is 0 Å². The lowest BCUT2D eigenvalue weighted by molar-refractivity contribution is -0.143. The molecular weight excluding hydrogens is 332 g/mol. The Labute approximate surface area is 152 Å². The normalized spacial score (nSPS) is 20.0. The highest BCUT2D eigenvalue weighted by Crippen LogP contribution is 2.22. The van der Waals surface area contributed by atoms with Gasteiger partial charge in [-0.25, -0.2) is 4.79 Å². The van der Waals surface area contributed by atoms with Gasteiger partial charge in [0.25, 0.3) is 0 Å². The standard InChI is InChI=1S/C19H24N4O3/c1-14-9-17(18(24)25)12-22(11-14)19(26)20-10-15-5-2-3-6-16(15)13-23-8-4-7-21-23/h2-8,14,17H,9-13H2,1H3,(H,20,26)(H,24,25). The molecule has 0 bridgehead atoms. The van der Waals surface area contributed by atoms with Crippen molar-refractivity contribution < 1.29 is 14.7 Å². The first-order valence-electron chi connectivity index (χ1n) is 8.82. The fourth-order valence-corrected chi connectivity index (χ4v) is 3.43. The summed E-state index contributed by atoms with van der Waals surface area (Å²) in [5, 5.41) is 16.4. The third kappa shape index (κ3) is 4.41. The van der Waals surface area contributed by atoms with Gasteiger partial charge in [0.15, 0.2) is 0 Å². The highest BCUT2D eigenvalue weighted by atomic mass is 16.4. The Hall–Kier alpha value is -2.83. The van der Waals surface area contributed by atoms with Gasteiger partial charge >= 0.3 is 12.0 Å². The Morgan fingerprint density at radius 2 is 2.00 bits per heavy atom. The highest BCUT2D eigenvalue weighted by molar-refractivity contribution is 5.76. The third-order valence-electron chi connectivity index (χ3n) is 4.74. The summed E-state index contributed by atoms with van der Waals surface area (Å²) in [4.78, 5) is 25.4. The zero-order chi connectivity index (χ0) is 18.5. The number of carbonyl (C=O) groups excluding carboxylic acids is 1. The van der Waals surface area contributed by atoms with Gasteiger partial charge in [-0.2, -0.15) is 5.10 Å². The number of likely N-dealkylation sites (tertiary alicyclic amines) is 1. The molecule has 0 aliphatic carbocycles. The molecular formula is C19H24N4O3. The second-order valence-corrected chi connectivity index (χ2v) is 6.91. The molecule has 2 atom stereocenters. The van der Waals surface area contributed by atoms with Crippen LogP contribution in [0, 0.1) is 11.8 Å². The largest absolute Gasteiger partial charge is 0.481 e. The molecule has 1 aromatic carbocycles. The van der Waals surface area contributed by atoms with Crippen molar-refractivity contribution in [3.63, 3.8) is 0 Å². The van der Waals surface area contributed by atoms with Gasteiger partial charge in [-0.1, -0.05) is 31.2 Å². The van der Waals surface area contributed by atoms with E-state index in [1.54, 1.807) is 11.1 Å². The Balaban J connectivity index is 1.62. The van der Waals surface area contributed by atoms with Crippen LogP contribution in [0.25, 0.3) is 0 Å². The first kappa shape index (κ1) is 18.0. The van der Waals surface area contributed by atoms with Crippen LogP contribution in [0.5, 0.6) is 0 Å². The predicted molar refractivity (Wildman–Crippen MR) is 96.5 cm³/mol. The lowest BCUT2D eigenvalue weighted by Gasteiger charge is -2.34. The Kier molecular flexibility index (Phi) is 5.55. The molecule has 7 heteroatoms. The van der Waals surface area contributed by atoms with Crippen molar-refractivity contribution in [2.75, 3.05) is 13.1 Å². The Morgan fingerprint density at radius 3 is 2.69 bits per heavy atom. The number of rotatable bonds is 5. The molecule has 3 rings (SSSR count). The SMILES string of the molecule is CC1CC(C(=O)O)CN(C(=O)NCc2ccccc2Cn2cccn2)C1. The molecule has 0 spiro atoms. The number of benzene rings is 1. The predicted octanol–water partition coefficient (Wildman–Crippen LogP) is 2.18. The van der Waals surface area contributed by atoms with E-state index in [0.717, 1.165) is 11.1 Å². The van der Waals surface area contributed by atoms with E-state index in [1.807, 2.05) is 48.1 Å². The fourth-order valence-electron chi connectivity index (χ4n) is 3.43. The monoisotopic (exact) mass is 356 g/mol. The van der Waals surface area contributed by atoms with Crippen LogP contribution in [0.2, 0.25) is 0 Å². The van der Waals surface area contributed by atoms with Gasteiger partial charge in [0, 0.05) is 32.0 Å². The van der Waals surface area contributed by atoms with E-state index < -0.39 is 11.9 Å². The van der Waals surface area contributed by atoms with Gasteiger partial charge < -0.3 is 15.3 Å². The zero-order valence-corrected chi connectivity index (χ0v) is 14.8. The van der Waals surface area contributed by atoms with Crippen LogP contribution >= 0.6 is 0 Å². The molecule has 26 heavy (non-hydrogen) atoms. The number of urea groups is 1. The van der Waals surface area contributed by atoms with Crippen molar-refractivity contribution in [2.24, 2.45) is 11.8 Å². The number of carbonyl (C=O) groups is 2. The molecule has 0 saturated carbocycles. The Bertz CT molecular complexity index is 760. The lowest BCUT2D eigenvalue weighted by atomic mass is 9.91. The minimum Gasteiger partial charge on any atom is -0.481 e. The molecule has 1 aliphatic rings. The summed E-state index contributed by atoms with van der Waals surface area (Å²) in [5.41, 5.74) is 2.11. The maximum absolute atomic E-state index is 12.5. The minimum atomic E-state index is -0.834. The number of amides is 2. The molecule has 2 amide bonds. The molecule has 0 radical (unpaired) electrons. The molecule has 1 saturated heterocycles.